The predicted molar refractivity (Wildman–Crippen MR) is 119 cm³/mol. The minimum absolute atomic E-state index is 0.170. The standard InChI is InChI=1S/C23H28N6O2/c1-25-22(28-16-24)29-18-10-12-23(13-11-18,17-7-4-3-5-8-17)15-27-20(30)19-9-6-14-26-21(19)31-2/h3-9,14,18H,10-13,15H2,1-2H3,(H,27,30)(H2,25,28,29). The number of ether oxygens (including phenoxy) is 1. The molecular weight excluding hydrogens is 392 g/mol. The number of carbonyl (C=O) groups excluding carboxylic acids is 1. The quantitative estimate of drug-likeness (QED) is 0.286. The number of hydrogen-bond donors (Lipinski definition) is 3. The Kier molecular flexibility index (Phi) is 7.44. The number of aliphatic imine (C=N–C) groups is 1. The summed E-state index contributed by atoms with van der Waals surface area (Å²) >= 11 is 0. The van der Waals surface area contributed by atoms with Crippen molar-refractivity contribution >= 4 is 11.9 Å². The van der Waals surface area contributed by atoms with Gasteiger partial charge in [-0.05, 0) is 43.4 Å². The van der Waals surface area contributed by atoms with Crippen LogP contribution in [0.4, 0.5) is 0 Å². The van der Waals surface area contributed by atoms with E-state index in [2.05, 4.69) is 38.1 Å². The molecular formula is C23H28N6O2. The highest BCUT2D eigenvalue weighted by Gasteiger charge is 2.37. The van der Waals surface area contributed by atoms with Gasteiger partial charge in [-0.2, -0.15) is 5.26 Å². The average molecular weight is 421 g/mol. The Hall–Kier alpha value is -3.60. The molecule has 0 radical (unpaired) electrons. The molecule has 0 aliphatic heterocycles. The summed E-state index contributed by atoms with van der Waals surface area (Å²) in [6.07, 6.45) is 7.08. The molecule has 1 aromatic heterocycles. The van der Waals surface area contributed by atoms with Crippen LogP contribution >= 0.6 is 0 Å². The second-order valence-electron chi connectivity index (χ2n) is 7.62. The number of hydrogen-bond acceptors (Lipinski definition) is 5. The maximum absolute atomic E-state index is 12.9. The van der Waals surface area contributed by atoms with Crippen LogP contribution in [0.3, 0.4) is 0 Å². The van der Waals surface area contributed by atoms with Gasteiger partial charge in [-0.3, -0.25) is 15.1 Å². The first-order valence-electron chi connectivity index (χ1n) is 10.3. The van der Waals surface area contributed by atoms with Crippen molar-refractivity contribution in [3.05, 3.63) is 59.8 Å². The first-order chi connectivity index (χ1) is 15.1. The third-order valence-electron chi connectivity index (χ3n) is 5.86. The molecule has 0 saturated heterocycles. The molecule has 3 N–H and O–H groups in total. The maximum atomic E-state index is 12.9. The Balaban J connectivity index is 1.73. The number of nitriles is 1. The summed E-state index contributed by atoms with van der Waals surface area (Å²) in [5.41, 5.74) is 1.47. The Morgan fingerprint density at radius 2 is 2.00 bits per heavy atom. The summed E-state index contributed by atoms with van der Waals surface area (Å²) in [5, 5.41) is 17.8. The van der Waals surface area contributed by atoms with Gasteiger partial charge in [0.25, 0.3) is 5.91 Å². The summed E-state index contributed by atoms with van der Waals surface area (Å²) in [6.45, 7) is 0.520. The molecule has 1 heterocycles. The van der Waals surface area contributed by atoms with E-state index in [4.69, 9.17) is 10.00 Å². The number of rotatable bonds is 6. The number of nitrogens with one attached hydrogen (secondary N) is 3. The largest absolute Gasteiger partial charge is 0.480 e. The fraction of sp³-hybridized carbons (Fsp3) is 0.391. The second kappa shape index (κ2) is 10.4. The van der Waals surface area contributed by atoms with Crippen molar-refractivity contribution in [1.29, 1.82) is 5.26 Å². The zero-order chi connectivity index (χ0) is 22.1. The van der Waals surface area contributed by atoms with Crippen LogP contribution in [-0.4, -0.2) is 43.6 Å². The van der Waals surface area contributed by atoms with E-state index in [0.29, 0.717) is 23.9 Å². The third-order valence-corrected chi connectivity index (χ3v) is 5.86. The normalized spacial score (nSPS) is 20.9. The van der Waals surface area contributed by atoms with E-state index in [9.17, 15) is 4.79 Å². The van der Waals surface area contributed by atoms with Crippen LogP contribution in [0.1, 0.15) is 41.6 Å². The molecule has 1 amide bonds. The monoisotopic (exact) mass is 420 g/mol. The van der Waals surface area contributed by atoms with E-state index in [-0.39, 0.29) is 17.4 Å². The molecule has 0 spiro atoms. The molecule has 0 unspecified atom stereocenters. The molecule has 1 aliphatic carbocycles. The molecule has 8 heteroatoms. The summed E-state index contributed by atoms with van der Waals surface area (Å²) in [4.78, 5) is 21.1. The molecule has 0 atom stereocenters. The number of pyridine rings is 1. The van der Waals surface area contributed by atoms with Gasteiger partial charge in [-0.1, -0.05) is 30.3 Å². The van der Waals surface area contributed by atoms with Crippen LogP contribution in [0.25, 0.3) is 0 Å². The molecule has 1 aromatic carbocycles. The Morgan fingerprint density at radius 1 is 1.26 bits per heavy atom. The molecule has 1 saturated carbocycles. The predicted octanol–water partition coefficient (Wildman–Crippen LogP) is 2.35. The molecule has 8 nitrogen and oxygen atoms in total. The third kappa shape index (κ3) is 5.31. The van der Waals surface area contributed by atoms with Crippen LogP contribution in [0, 0.1) is 11.5 Å². The second-order valence-corrected chi connectivity index (χ2v) is 7.62. The van der Waals surface area contributed by atoms with Crippen molar-refractivity contribution in [2.45, 2.75) is 37.1 Å². The lowest BCUT2D eigenvalue weighted by Crippen LogP contribution is -2.49. The Morgan fingerprint density at radius 3 is 2.65 bits per heavy atom. The van der Waals surface area contributed by atoms with Crippen molar-refractivity contribution in [1.82, 2.24) is 20.9 Å². The van der Waals surface area contributed by atoms with Gasteiger partial charge in [0.15, 0.2) is 6.19 Å². The number of methoxy groups -OCH3 is 1. The van der Waals surface area contributed by atoms with Gasteiger partial charge in [0.1, 0.15) is 5.56 Å². The number of guanidine groups is 1. The summed E-state index contributed by atoms with van der Waals surface area (Å²) in [6, 6.07) is 14.0. The fourth-order valence-electron chi connectivity index (χ4n) is 4.15. The topological polar surface area (TPSA) is 111 Å². The smallest absolute Gasteiger partial charge is 0.256 e. The minimum atomic E-state index is -0.195. The number of aromatic nitrogens is 1. The lowest BCUT2D eigenvalue weighted by Gasteiger charge is -2.41. The van der Waals surface area contributed by atoms with Gasteiger partial charge >= 0.3 is 0 Å². The van der Waals surface area contributed by atoms with E-state index in [1.54, 1.807) is 25.4 Å². The number of nitrogens with zero attached hydrogens (tertiary/aromatic N) is 3. The molecule has 3 rings (SSSR count). The number of carbonyl (C=O) groups is 1. The van der Waals surface area contributed by atoms with E-state index in [0.717, 1.165) is 25.7 Å². The molecule has 1 fully saturated rings. The van der Waals surface area contributed by atoms with Crippen molar-refractivity contribution in [3.8, 4) is 12.1 Å². The van der Waals surface area contributed by atoms with E-state index in [1.165, 1.54) is 12.7 Å². The molecule has 162 valence electrons. The highest BCUT2D eigenvalue weighted by molar-refractivity contribution is 5.96. The summed E-state index contributed by atoms with van der Waals surface area (Å²) in [7, 11) is 3.15. The lowest BCUT2D eigenvalue weighted by atomic mass is 9.68. The van der Waals surface area contributed by atoms with Crippen molar-refractivity contribution in [3.63, 3.8) is 0 Å². The fourth-order valence-corrected chi connectivity index (χ4v) is 4.15. The highest BCUT2D eigenvalue weighted by Crippen LogP contribution is 2.39. The zero-order valence-electron chi connectivity index (χ0n) is 17.9. The van der Waals surface area contributed by atoms with Gasteiger partial charge in [0, 0.05) is 31.2 Å². The Labute approximate surface area is 182 Å². The summed E-state index contributed by atoms with van der Waals surface area (Å²) < 4.78 is 5.23. The van der Waals surface area contributed by atoms with E-state index in [1.807, 2.05) is 24.4 Å². The van der Waals surface area contributed by atoms with Crippen LogP contribution < -0.4 is 20.7 Å². The lowest BCUT2D eigenvalue weighted by molar-refractivity contribution is 0.0931. The van der Waals surface area contributed by atoms with Gasteiger partial charge < -0.3 is 15.4 Å². The first-order valence-corrected chi connectivity index (χ1v) is 10.3. The van der Waals surface area contributed by atoms with Crippen molar-refractivity contribution < 1.29 is 9.53 Å². The van der Waals surface area contributed by atoms with E-state index < -0.39 is 0 Å². The molecule has 0 bridgehead atoms. The Bertz CT molecular complexity index is 946. The molecule has 2 aromatic rings. The zero-order valence-corrected chi connectivity index (χ0v) is 17.9. The summed E-state index contributed by atoms with van der Waals surface area (Å²) in [5.74, 6) is 0.605. The maximum Gasteiger partial charge on any atom is 0.256 e. The van der Waals surface area contributed by atoms with Crippen LogP contribution in [0.2, 0.25) is 0 Å². The van der Waals surface area contributed by atoms with Crippen molar-refractivity contribution in [2.24, 2.45) is 4.99 Å². The SMILES string of the molecule is CN=C(NC#N)NC1CCC(CNC(=O)c2cccnc2OC)(c2ccccc2)CC1. The first kappa shape index (κ1) is 22.1. The van der Waals surface area contributed by atoms with Crippen LogP contribution in [0.15, 0.2) is 53.7 Å². The molecule has 31 heavy (non-hydrogen) atoms. The minimum Gasteiger partial charge on any atom is -0.480 e. The van der Waals surface area contributed by atoms with Crippen molar-refractivity contribution in [2.75, 3.05) is 20.7 Å². The van der Waals surface area contributed by atoms with E-state index >= 15 is 0 Å². The van der Waals surface area contributed by atoms with Crippen LogP contribution in [-0.2, 0) is 5.41 Å². The van der Waals surface area contributed by atoms with Gasteiger partial charge in [-0.25, -0.2) is 4.98 Å². The molecule has 1 aliphatic rings. The average Bonchev–Trinajstić information content (AvgIpc) is 2.83. The van der Waals surface area contributed by atoms with Gasteiger partial charge in [0.05, 0.1) is 7.11 Å². The number of amides is 1. The number of benzene rings is 1. The van der Waals surface area contributed by atoms with Gasteiger partial charge in [0.2, 0.25) is 11.8 Å². The highest BCUT2D eigenvalue weighted by atomic mass is 16.5. The van der Waals surface area contributed by atoms with Gasteiger partial charge in [-0.15, -0.1) is 0 Å². The van der Waals surface area contributed by atoms with Crippen LogP contribution in [0.5, 0.6) is 5.88 Å².